The summed E-state index contributed by atoms with van der Waals surface area (Å²) in [6, 6.07) is 11.7. The van der Waals surface area contributed by atoms with Crippen LogP contribution in [0, 0.1) is 22.9 Å². The average molecular weight is 585 g/mol. The number of nitro groups is 1. The number of sulfonamides is 1. The molecule has 2 aromatic heterocycles. The Balaban J connectivity index is 1.77. The lowest BCUT2D eigenvalue weighted by molar-refractivity contribution is -0.385. The molecule has 15 heteroatoms. The number of carbonyl (C=O) groups is 1. The first-order chi connectivity index (χ1) is 19.6. The molecule has 2 heterocycles. The quantitative estimate of drug-likeness (QED) is 0.144. The molecule has 0 fully saturated rings. The lowest BCUT2D eigenvalue weighted by Crippen LogP contribution is -2.27. The minimum atomic E-state index is -4.31. The smallest absolute Gasteiger partial charge is 0.272 e. The van der Waals surface area contributed by atoms with Crippen molar-refractivity contribution in [3.8, 4) is 17.3 Å². The number of non-ortho nitro benzene ring substituents is 1. The van der Waals surface area contributed by atoms with Crippen molar-refractivity contribution in [2.75, 3.05) is 20.3 Å². The fourth-order valence-electron chi connectivity index (χ4n) is 3.71. The van der Waals surface area contributed by atoms with Gasteiger partial charge in [0.1, 0.15) is 16.5 Å². The molecule has 0 aliphatic carbocycles. The van der Waals surface area contributed by atoms with Gasteiger partial charge in [0.25, 0.3) is 11.6 Å². The Kier molecular flexibility index (Phi) is 9.01. The number of rotatable bonds is 12. The molecular formula is C26H25FN6O7S. The van der Waals surface area contributed by atoms with Crippen LogP contribution in [0.3, 0.4) is 0 Å². The number of benzene rings is 2. The molecule has 13 nitrogen and oxygen atoms in total. The molecule has 0 saturated carbocycles. The number of nitrogens with zero attached hydrogens (tertiary/aromatic N) is 4. The predicted molar refractivity (Wildman–Crippen MR) is 144 cm³/mol. The van der Waals surface area contributed by atoms with Crippen molar-refractivity contribution in [2.45, 2.75) is 18.4 Å². The summed E-state index contributed by atoms with van der Waals surface area (Å²) in [4.78, 5) is 27.3. The predicted octanol–water partition coefficient (Wildman–Crippen LogP) is 3.27. The third-order valence-corrected chi connectivity index (χ3v) is 7.25. The first-order valence-electron chi connectivity index (χ1n) is 12.1. The standard InChI is InChI=1S/C26H25FN6O7S/c1-17-24(25(34)29-16-18-4-3-11-28-15-18)31-32(20-7-5-19(27)6-8-20)26(17)40-22-10-9-21(33(35)36)14-23(22)41(37,38)30-12-13-39-2/h3-11,14-15,30H,12-13,16H2,1-2H3,(H,29,34). The highest BCUT2D eigenvalue weighted by atomic mass is 32.2. The monoisotopic (exact) mass is 584 g/mol. The molecule has 2 N–H and O–H groups in total. The van der Waals surface area contributed by atoms with Gasteiger partial charge < -0.3 is 14.8 Å². The van der Waals surface area contributed by atoms with Crippen molar-refractivity contribution >= 4 is 21.6 Å². The van der Waals surface area contributed by atoms with Crippen molar-refractivity contribution in [3.05, 3.63) is 99.7 Å². The van der Waals surface area contributed by atoms with E-state index in [1.807, 2.05) is 0 Å². The Bertz CT molecular complexity index is 1660. The maximum absolute atomic E-state index is 13.7. The van der Waals surface area contributed by atoms with Gasteiger partial charge in [0.05, 0.1) is 17.2 Å². The van der Waals surface area contributed by atoms with E-state index in [4.69, 9.17) is 9.47 Å². The molecule has 2 aromatic carbocycles. The van der Waals surface area contributed by atoms with Crippen molar-refractivity contribution in [1.29, 1.82) is 0 Å². The summed E-state index contributed by atoms with van der Waals surface area (Å²) in [5, 5.41) is 18.5. The maximum atomic E-state index is 13.7. The van der Waals surface area contributed by atoms with Crippen LogP contribution in [0.15, 0.2) is 71.9 Å². The molecule has 0 aliphatic rings. The number of nitro benzene ring substituents is 1. The number of aromatic nitrogens is 3. The summed E-state index contributed by atoms with van der Waals surface area (Å²) >= 11 is 0. The zero-order valence-corrected chi connectivity index (χ0v) is 22.7. The van der Waals surface area contributed by atoms with E-state index in [0.717, 1.165) is 23.8 Å². The zero-order chi connectivity index (χ0) is 29.6. The fraction of sp³-hybridized carbons (Fsp3) is 0.192. The molecule has 0 unspecified atom stereocenters. The summed E-state index contributed by atoms with van der Waals surface area (Å²) in [7, 11) is -2.92. The molecule has 4 aromatic rings. The molecule has 0 atom stereocenters. The van der Waals surface area contributed by atoms with Gasteiger partial charge in [-0.15, -0.1) is 0 Å². The van der Waals surface area contributed by atoms with E-state index in [1.54, 1.807) is 24.5 Å². The maximum Gasteiger partial charge on any atom is 0.272 e. The Labute approximate surface area is 234 Å². The lowest BCUT2D eigenvalue weighted by Gasteiger charge is -2.14. The number of halogens is 1. The van der Waals surface area contributed by atoms with E-state index in [-0.39, 0.29) is 42.6 Å². The number of nitrogens with one attached hydrogen (secondary N) is 2. The molecule has 4 rings (SSSR count). The molecule has 0 aliphatic heterocycles. The van der Waals surface area contributed by atoms with E-state index in [1.165, 1.54) is 43.0 Å². The van der Waals surface area contributed by atoms with Gasteiger partial charge in [0, 0.05) is 50.3 Å². The van der Waals surface area contributed by atoms with Gasteiger partial charge in [-0.05, 0) is 48.9 Å². The molecular weight excluding hydrogens is 559 g/mol. The van der Waals surface area contributed by atoms with Crippen LogP contribution in [0.2, 0.25) is 0 Å². The fourth-order valence-corrected chi connectivity index (χ4v) is 4.86. The van der Waals surface area contributed by atoms with Gasteiger partial charge in [-0.2, -0.15) is 9.78 Å². The Hall–Kier alpha value is -4.73. The summed E-state index contributed by atoms with van der Waals surface area (Å²) in [5.41, 5.74) is 0.753. The zero-order valence-electron chi connectivity index (χ0n) is 21.9. The second-order valence-electron chi connectivity index (χ2n) is 8.59. The number of carbonyl (C=O) groups excluding carboxylic acids is 1. The van der Waals surface area contributed by atoms with Crippen LogP contribution < -0.4 is 14.8 Å². The van der Waals surface area contributed by atoms with Gasteiger partial charge in [0.2, 0.25) is 15.9 Å². The van der Waals surface area contributed by atoms with Crippen molar-refractivity contribution in [1.82, 2.24) is 24.8 Å². The van der Waals surface area contributed by atoms with Crippen molar-refractivity contribution in [2.24, 2.45) is 0 Å². The summed E-state index contributed by atoms with van der Waals surface area (Å²) in [6.45, 7) is 1.65. The lowest BCUT2D eigenvalue weighted by atomic mass is 10.2. The van der Waals surface area contributed by atoms with Gasteiger partial charge in [0.15, 0.2) is 5.69 Å². The number of hydrogen-bond acceptors (Lipinski definition) is 9. The minimum absolute atomic E-state index is 0.0437. The third kappa shape index (κ3) is 6.89. The summed E-state index contributed by atoms with van der Waals surface area (Å²) in [6.07, 6.45) is 3.19. The van der Waals surface area contributed by atoms with Crippen molar-refractivity contribution < 1.29 is 32.0 Å². The van der Waals surface area contributed by atoms with Gasteiger partial charge in [-0.1, -0.05) is 6.07 Å². The number of pyridine rings is 1. The van der Waals surface area contributed by atoms with E-state index in [2.05, 4.69) is 20.1 Å². The Morgan fingerprint density at radius 1 is 1.17 bits per heavy atom. The molecule has 0 bridgehead atoms. The highest BCUT2D eigenvalue weighted by Crippen LogP contribution is 2.35. The second-order valence-corrected chi connectivity index (χ2v) is 10.3. The van der Waals surface area contributed by atoms with Gasteiger partial charge in [-0.3, -0.25) is 19.9 Å². The molecule has 41 heavy (non-hydrogen) atoms. The third-order valence-electron chi connectivity index (χ3n) is 5.76. The molecule has 0 radical (unpaired) electrons. The average Bonchev–Trinajstić information content (AvgIpc) is 3.28. The Morgan fingerprint density at radius 3 is 2.59 bits per heavy atom. The molecule has 1 amide bonds. The number of ether oxygens (including phenoxy) is 2. The number of methoxy groups -OCH3 is 1. The van der Waals surface area contributed by atoms with Crippen LogP contribution in [0.5, 0.6) is 11.6 Å². The highest BCUT2D eigenvalue weighted by molar-refractivity contribution is 7.89. The van der Waals surface area contributed by atoms with Crippen LogP contribution in [0.1, 0.15) is 21.6 Å². The highest BCUT2D eigenvalue weighted by Gasteiger charge is 2.28. The topological polar surface area (TPSA) is 168 Å². The summed E-state index contributed by atoms with van der Waals surface area (Å²) in [5.74, 6) is -1.41. The Morgan fingerprint density at radius 2 is 1.93 bits per heavy atom. The van der Waals surface area contributed by atoms with Gasteiger partial charge in [-0.25, -0.2) is 17.5 Å². The largest absolute Gasteiger partial charge is 0.437 e. The molecule has 0 spiro atoms. The van der Waals surface area contributed by atoms with Crippen molar-refractivity contribution in [3.63, 3.8) is 0 Å². The van der Waals surface area contributed by atoms with Crippen LogP contribution in [0.4, 0.5) is 10.1 Å². The SMILES string of the molecule is COCCNS(=O)(=O)c1cc([N+](=O)[O-])ccc1Oc1c(C)c(C(=O)NCc2cccnc2)nn1-c1ccc(F)cc1. The minimum Gasteiger partial charge on any atom is -0.437 e. The van der Waals surface area contributed by atoms with Crippen LogP contribution in [0.25, 0.3) is 5.69 Å². The van der Waals surface area contributed by atoms with Crippen LogP contribution in [-0.4, -0.2) is 54.3 Å². The van der Waals surface area contributed by atoms with E-state index < -0.39 is 37.3 Å². The van der Waals surface area contributed by atoms with Crippen LogP contribution >= 0.6 is 0 Å². The number of amides is 1. The summed E-state index contributed by atoms with van der Waals surface area (Å²) < 4.78 is 54.3. The first-order valence-corrected chi connectivity index (χ1v) is 13.6. The van der Waals surface area contributed by atoms with E-state index >= 15 is 0 Å². The van der Waals surface area contributed by atoms with E-state index in [0.29, 0.717) is 5.69 Å². The second kappa shape index (κ2) is 12.6. The van der Waals surface area contributed by atoms with E-state index in [9.17, 15) is 27.7 Å². The van der Waals surface area contributed by atoms with Crippen LogP contribution in [-0.2, 0) is 21.3 Å². The molecule has 214 valence electrons. The van der Waals surface area contributed by atoms with Gasteiger partial charge >= 0.3 is 0 Å². The normalized spacial score (nSPS) is 11.3. The first kappa shape index (κ1) is 29.3. The molecule has 0 saturated heterocycles. The number of hydrogen-bond donors (Lipinski definition) is 2.